The maximum absolute atomic E-state index is 13.4. The Hall–Kier alpha value is -2.98. The number of nitrogens with zero attached hydrogens (tertiary/aromatic N) is 6. The number of hydrogen-bond acceptors (Lipinski definition) is 5. The van der Waals surface area contributed by atoms with Crippen molar-refractivity contribution < 1.29 is 18.0 Å². The minimum Gasteiger partial charge on any atom is -0.291 e. The van der Waals surface area contributed by atoms with E-state index in [0.717, 1.165) is 16.5 Å². The maximum atomic E-state index is 13.4. The Morgan fingerprint density at radius 2 is 2.00 bits per heavy atom. The summed E-state index contributed by atoms with van der Waals surface area (Å²) < 4.78 is 42.3. The SMILES string of the molecule is CC(C)c1ncc2c(C(=O)Nc3nnnn3C)ccc(C(F)(F)F)n12. The van der Waals surface area contributed by atoms with Gasteiger partial charge in [0, 0.05) is 13.0 Å². The molecule has 8 nitrogen and oxygen atoms in total. The molecule has 3 aromatic heterocycles. The van der Waals surface area contributed by atoms with E-state index in [1.165, 1.54) is 17.9 Å². The van der Waals surface area contributed by atoms with E-state index < -0.39 is 17.8 Å². The Morgan fingerprint density at radius 3 is 2.56 bits per heavy atom. The number of hydrogen-bond donors (Lipinski definition) is 1. The zero-order chi connectivity index (χ0) is 18.4. The average molecular weight is 353 g/mol. The summed E-state index contributed by atoms with van der Waals surface area (Å²) >= 11 is 0. The quantitative estimate of drug-likeness (QED) is 0.780. The molecule has 3 rings (SSSR count). The van der Waals surface area contributed by atoms with Gasteiger partial charge in [0.25, 0.3) is 5.91 Å². The van der Waals surface area contributed by atoms with E-state index in [1.807, 2.05) is 0 Å². The summed E-state index contributed by atoms with van der Waals surface area (Å²) in [6.07, 6.45) is -3.32. The first kappa shape index (κ1) is 16.9. The first-order valence-electron chi connectivity index (χ1n) is 7.31. The molecule has 0 fully saturated rings. The minimum absolute atomic E-state index is 0.0374. The van der Waals surface area contributed by atoms with Gasteiger partial charge in [-0.2, -0.15) is 13.2 Å². The standard InChI is InChI=1S/C14H14F3N7O/c1-7(2)11-18-6-9-8(4-5-10(24(9)11)14(15,16)17)12(25)19-13-20-21-22-23(13)3/h4-7H,1-3H3,(H,19,20,22,25). The molecule has 1 amide bonds. The molecule has 0 unspecified atom stereocenters. The number of halogens is 3. The lowest BCUT2D eigenvalue weighted by Gasteiger charge is -2.15. The van der Waals surface area contributed by atoms with Gasteiger partial charge in [-0.1, -0.05) is 18.9 Å². The highest BCUT2D eigenvalue weighted by Crippen LogP contribution is 2.33. The van der Waals surface area contributed by atoms with Gasteiger partial charge >= 0.3 is 6.18 Å². The van der Waals surface area contributed by atoms with Crippen molar-refractivity contribution in [2.45, 2.75) is 25.9 Å². The average Bonchev–Trinajstić information content (AvgIpc) is 3.12. The Bertz CT molecular complexity index is 942. The number of anilines is 1. The normalized spacial score (nSPS) is 12.1. The fraction of sp³-hybridized carbons (Fsp3) is 0.357. The molecule has 0 saturated carbocycles. The van der Waals surface area contributed by atoms with Crippen molar-refractivity contribution in [1.29, 1.82) is 0 Å². The highest BCUT2D eigenvalue weighted by molar-refractivity contribution is 6.08. The third-order valence-electron chi connectivity index (χ3n) is 3.61. The summed E-state index contributed by atoms with van der Waals surface area (Å²) in [5.41, 5.74) is -0.790. The van der Waals surface area contributed by atoms with E-state index in [9.17, 15) is 18.0 Å². The van der Waals surface area contributed by atoms with E-state index in [4.69, 9.17) is 0 Å². The van der Waals surface area contributed by atoms with Crippen LogP contribution in [0.15, 0.2) is 18.3 Å². The maximum Gasteiger partial charge on any atom is 0.431 e. The number of pyridine rings is 1. The first-order chi connectivity index (χ1) is 11.7. The summed E-state index contributed by atoms with van der Waals surface area (Å²) in [4.78, 5) is 16.5. The van der Waals surface area contributed by atoms with Crippen LogP contribution < -0.4 is 5.32 Å². The van der Waals surface area contributed by atoms with Crippen LogP contribution in [0.1, 0.15) is 41.6 Å². The van der Waals surface area contributed by atoms with Crippen molar-refractivity contribution in [2.24, 2.45) is 7.05 Å². The monoisotopic (exact) mass is 353 g/mol. The number of aryl methyl sites for hydroxylation is 1. The van der Waals surface area contributed by atoms with Crippen LogP contribution in [0, 0.1) is 0 Å². The molecular formula is C14H14F3N7O. The molecule has 0 aromatic carbocycles. The van der Waals surface area contributed by atoms with Crippen LogP contribution in [0.4, 0.5) is 19.1 Å². The van der Waals surface area contributed by atoms with Gasteiger partial charge in [-0.25, -0.2) is 9.67 Å². The second-order valence-electron chi connectivity index (χ2n) is 5.70. The van der Waals surface area contributed by atoms with Crippen LogP contribution in [0.3, 0.4) is 0 Å². The minimum atomic E-state index is -4.58. The number of nitrogens with one attached hydrogen (secondary N) is 1. The van der Waals surface area contributed by atoms with Gasteiger partial charge in [0.2, 0.25) is 5.95 Å². The van der Waals surface area contributed by atoms with E-state index in [2.05, 4.69) is 25.8 Å². The van der Waals surface area contributed by atoms with Gasteiger partial charge < -0.3 is 0 Å². The summed E-state index contributed by atoms with van der Waals surface area (Å²) in [5, 5.41) is 13.0. The van der Waals surface area contributed by atoms with Crippen LogP contribution in [0.25, 0.3) is 5.52 Å². The molecule has 0 aliphatic carbocycles. The molecule has 25 heavy (non-hydrogen) atoms. The van der Waals surface area contributed by atoms with Crippen molar-refractivity contribution >= 4 is 17.4 Å². The third kappa shape index (κ3) is 2.92. The second-order valence-corrected chi connectivity index (χ2v) is 5.70. The molecule has 3 heterocycles. The number of aromatic nitrogens is 6. The number of tetrazole rings is 1. The first-order valence-corrected chi connectivity index (χ1v) is 7.31. The summed E-state index contributed by atoms with van der Waals surface area (Å²) in [5.74, 6) is -0.597. The molecule has 1 N–H and O–H groups in total. The van der Waals surface area contributed by atoms with E-state index in [-0.39, 0.29) is 28.8 Å². The lowest BCUT2D eigenvalue weighted by atomic mass is 10.1. The molecule has 132 valence electrons. The van der Waals surface area contributed by atoms with Crippen molar-refractivity contribution in [3.05, 3.63) is 35.4 Å². The van der Waals surface area contributed by atoms with E-state index >= 15 is 0 Å². The van der Waals surface area contributed by atoms with Crippen molar-refractivity contribution in [2.75, 3.05) is 5.32 Å². The molecule has 0 atom stereocenters. The van der Waals surface area contributed by atoms with Gasteiger partial charge in [-0.05, 0) is 22.6 Å². The lowest BCUT2D eigenvalue weighted by molar-refractivity contribution is -0.142. The number of amides is 1. The van der Waals surface area contributed by atoms with Gasteiger partial charge in [0.05, 0.1) is 17.3 Å². The van der Waals surface area contributed by atoms with Crippen LogP contribution in [-0.4, -0.2) is 35.5 Å². The predicted molar refractivity (Wildman–Crippen MR) is 81.0 cm³/mol. The third-order valence-corrected chi connectivity index (χ3v) is 3.61. The topological polar surface area (TPSA) is 90.0 Å². The number of alkyl halides is 3. The van der Waals surface area contributed by atoms with Crippen LogP contribution >= 0.6 is 0 Å². The van der Waals surface area contributed by atoms with Gasteiger partial charge in [0.1, 0.15) is 11.5 Å². The van der Waals surface area contributed by atoms with Crippen LogP contribution in [0.5, 0.6) is 0 Å². The Kier molecular flexibility index (Phi) is 3.93. The smallest absolute Gasteiger partial charge is 0.291 e. The Morgan fingerprint density at radius 1 is 1.28 bits per heavy atom. The molecule has 0 bridgehead atoms. The fourth-order valence-electron chi connectivity index (χ4n) is 2.46. The Labute approximate surface area is 139 Å². The zero-order valence-corrected chi connectivity index (χ0v) is 13.5. The molecule has 0 saturated heterocycles. The van der Waals surface area contributed by atoms with Gasteiger partial charge in [-0.3, -0.25) is 14.5 Å². The highest BCUT2D eigenvalue weighted by atomic mass is 19.4. The molecule has 11 heteroatoms. The number of fused-ring (bicyclic) bond motifs is 1. The van der Waals surface area contributed by atoms with Gasteiger partial charge in [0.15, 0.2) is 0 Å². The highest BCUT2D eigenvalue weighted by Gasteiger charge is 2.35. The molecule has 0 spiro atoms. The largest absolute Gasteiger partial charge is 0.431 e. The summed E-state index contributed by atoms with van der Waals surface area (Å²) in [7, 11) is 1.52. The van der Waals surface area contributed by atoms with E-state index in [1.54, 1.807) is 13.8 Å². The predicted octanol–water partition coefficient (Wildman–Crippen LogP) is 2.25. The van der Waals surface area contributed by atoms with Gasteiger partial charge in [-0.15, -0.1) is 0 Å². The van der Waals surface area contributed by atoms with Crippen molar-refractivity contribution in [3.63, 3.8) is 0 Å². The molecular weight excluding hydrogens is 339 g/mol. The number of carbonyl (C=O) groups is 1. The van der Waals surface area contributed by atoms with Crippen LogP contribution in [-0.2, 0) is 13.2 Å². The van der Waals surface area contributed by atoms with Crippen molar-refractivity contribution in [3.8, 4) is 0 Å². The number of carbonyl (C=O) groups excluding carboxylic acids is 1. The number of rotatable bonds is 3. The molecule has 0 aliphatic rings. The molecule has 3 aromatic rings. The van der Waals surface area contributed by atoms with Crippen LogP contribution in [0.2, 0.25) is 0 Å². The van der Waals surface area contributed by atoms with Crippen molar-refractivity contribution in [1.82, 2.24) is 29.6 Å². The summed E-state index contributed by atoms with van der Waals surface area (Å²) in [6, 6.07) is 1.98. The number of imidazole rings is 1. The lowest BCUT2D eigenvalue weighted by Crippen LogP contribution is -2.19. The molecule has 0 aliphatic heterocycles. The zero-order valence-electron chi connectivity index (χ0n) is 13.5. The Balaban J connectivity index is 2.14. The fourth-order valence-corrected chi connectivity index (χ4v) is 2.46. The second kappa shape index (κ2) is 5.83. The summed E-state index contributed by atoms with van der Waals surface area (Å²) in [6.45, 7) is 3.46. The van der Waals surface area contributed by atoms with E-state index in [0.29, 0.717) is 0 Å². The molecule has 0 radical (unpaired) electrons.